The van der Waals surface area contributed by atoms with Crippen molar-refractivity contribution in [3.63, 3.8) is 0 Å². The molecule has 32 heavy (non-hydrogen) atoms. The van der Waals surface area contributed by atoms with E-state index in [-0.39, 0.29) is 6.10 Å². The van der Waals surface area contributed by atoms with Gasteiger partial charge in [-0.3, -0.25) is 4.79 Å². The third-order valence-electron chi connectivity index (χ3n) is 5.39. The molecule has 9 heteroatoms. The Balaban J connectivity index is 1.56. The van der Waals surface area contributed by atoms with E-state index in [0.29, 0.717) is 12.0 Å². The molecule has 2 aromatic heterocycles. The maximum Gasteiger partial charge on any atom is 0.248 e. The van der Waals surface area contributed by atoms with Crippen LogP contribution in [0.3, 0.4) is 0 Å². The number of rotatable bonds is 7. The topological polar surface area (TPSA) is 84.6 Å². The molecule has 1 saturated heterocycles. The lowest BCUT2D eigenvalue weighted by Crippen LogP contribution is -2.44. The summed E-state index contributed by atoms with van der Waals surface area (Å²) in [6.07, 6.45) is 0.615. The molecule has 7 nitrogen and oxygen atoms in total. The molecular weight excluding hydrogens is 442 g/mol. The van der Waals surface area contributed by atoms with Gasteiger partial charge < -0.3 is 20.3 Å². The molecule has 2 N–H and O–H groups in total. The number of amides is 1. The Labute approximate surface area is 196 Å². The minimum Gasteiger partial charge on any atom is -0.491 e. The van der Waals surface area contributed by atoms with E-state index in [4.69, 9.17) is 20.4 Å². The molecule has 0 radical (unpaired) electrons. The number of benzene rings is 1. The van der Waals surface area contributed by atoms with Gasteiger partial charge in [-0.15, -0.1) is 11.3 Å². The van der Waals surface area contributed by atoms with Gasteiger partial charge in [0.05, 0.1) is 27.4 Å². The Morgan fingerprint density at radius 3 is 2.66 bits per heavy atom. The predicted octanol–water partition coefficient (Wildman–Crippen LogP) is 3.80. The summed E-state index contributed by atoms with van der Waals surface area (Å²) in [7, 11) is 2.16. The standard InChI is InChI=1S/C23H29N5O2S2/c1-14(2)30-19-6-5-16(22(24)29)11-17(19)12-20-26-18(13-31-20)21-15(3)25-23(32-21)28-9-7-27(4)8-10-28/h5-6,11,13-14H,7-10,12H2,1-4H3,(H2,24,29). The lowest BCUT2D eigenvalue weighted by molar-refractivity contribution is 0.1000. The highest BCUT2D eigenvalue weighted by Gasteiger charge is 2.21. The van der Waals surface area contributed by atoms with E-state index in [0.717, 1.165) is 63.9 Å². The van der Waals surface area contributed by atoms with Crippen molar-refractivity contribution in [1.82, 2.24) is 14.9 Å². The molecule has 170 valence electrons. The normalized spacial score (nSPS) is 14.8. The molecule has 3 aromatic rings. The van der Waals surface area contributed by atoms with E-state index in [2.05, 4.69) is 29.2 Å². The van der Waals surface area contributed by atoms with E-state index in [9.17, 15) is 4.79 Å². The molecule has 0 unspecified atom stereocenters. The maximum absolute atomic E-state index is 11.7. The van der Waals surface area contributed by atoms with Gasteiger partial charge >= 0.3 is 0 Å². The number of thiazole rings is 2. The minimum atomic E-state index is -0.445. The van der Waals surface area contributed by atoms with Crippen LogP contribution in [0.1, 0.15) is 40.5 Å². The predicted molar refractivity (Wildman–Crippen MR) is 131 cm³/mol. The first-order valence-corrected chi connectivity index (χ1v) is 12.4. The monoisotopic (exact) mass is 471 g/mol. The van der Waals surface area contributed by atoms with Crippen LogP contribution in [0.4, 0.5) is 5.13 Å². The van der Waals surface area contributed by atoms with E-state index in [1.54, 1.807) is 28.7 Å². The quantitative estimate of drug-likeness (QED) is 0.564. The zero-order valence-corrected chi connectivity index (χ0v) is 20.6. The van der Waals surface area contributed by atoms with Gasteiger partial charge in [-0.1, -0.05) is 11.3 Å². The van der Waals surface area contributed by atoms with Crippen molar-refractivity contribution in [2.75, 3.05) is 38.1 Å². The van der Waals surface area contributed by atoms with Gasteiger partial charge in [-0.05, 0) is 46.0 Å². The summed E-state index contributed by atoms with van der Waals surface area (Å²) >= 11 is 3.32. The van der Waals surface area contributed by atoms with Crippen LogP contribution in [0.5, 0.6) is 5.75 Å². The van der Waals surface area contributed by atoms with Crippen LogP contribution in [0.25, 0.3) is 10.6 Å². The molecule has 1 fully saturated rings. The highest BCUT2D eigenvalue weighted by Crippen LogP contribution is 2.36. The second kappa shape index (κ2) is 9.56. The number of anilines is 1. The summed E-state index contributed by atoms with van der Waals surface area (Å²) in [4.78, 5) is 27.2. The van der Waals surface area contributed by atoms with Crippen molar-refractivity contribution >= 4 is 33.7 Å². The molecule has 1 aliphatic heterocycles. The fourth-order valence-electron chi connectivity index (χ4n) is 3.65. The minimum absolute atomic E-state index is 0.0351. The number of piperazine rings is 1. The third-order valence-corrected chi connectivity index (χ3v) is 7.48. The van der Waals surface area contributed by atoms with Crippen molar-refractivity contribution in [2.45, 2.75) is 33.3 Å². The van der Waals surface area contributed by atoms with E-state index in [1.165, 1.54) is 0 Å². The number of hydrogen-bond donors (Lipinski definition) is 1. The maximum atomic E-state index is 11.7. The number of nitrogens with zero attached hydrogens (tertiary/aromatic N) is 4. The molecule has 0 saturated carbocycles. The van der Waals surface area contributed by atoms with Gasteiger partial charge in [-0.2, -0.15) is 0 Å². The second-order valence-electron chi connectivity index (χ2n) is 8.36. The zero-order chi connectivity index (χ0) is 22.8. The Hall–Kier alpha value is -2.49. The Kier molecular flexibility index (Phi) is 6.78. The van der Waals surface area contributed by atoms with Crippen molar-refractivity contribution < 1.29 is 9.53 Å². The molecule has 0 atom stereocenters. The van der Waals surface area contributed by atoms with Crippen molar-refractivity contribution in [1.29, 1.82) is 0 Å². The first-order valence-electron chi connectivity index (χ1n) is 10.7. The summed E-state index contributed by atoms with van der Waals surface area (Å²) in [5.41, 5.74) is 8.85. The molecule has 0 aliphatic carbocycles. The van der Waals surface area contributed by atoms with Crippen LogP contribution in [0.15, 0.2) is 23.6 Å². The first-order chi connectivity index (χ1) is 15.3. The number of aryl methyl sites for hydroxylation is 1. The van der Waals surface area contributed by atoms with Crippen LogP contribution in [0, 0.1) is 6.92 Å². The average molecular weight is 472 g/mol. The zero-order valence-electron chi connectivity index (χ0n) is 18.9. The highest BCUT2D eigenvalue weighted by atomic mass is 32.1. The summed E-state index contributed by atoms with van der Waals surface area (Å²) in [6.45, 7) is 10.1. The number of hydrogen-bond acceptors (Lipinski definition) is 8. The highest BCUT2D eigenvalue weighted by molar-refractivity contribution is 7.19. The Bertz CT molecular complexity index is 1100. The average Bonchev–Trinajstić information content (AvgIpc) is 3.35. The van der Waals surface area contributed by atoms with Gasteiger partial charge in [0.15, 0.2) is 5.13 Å². The summed E-state index contributed by atoms with van der Waals surface area (Å²) in [5.74, 6) is 0.312. The van der Waals surface area contributed by atoms with Crippen molar-refractivity contribution in [3.8, 4) is 16.3 Å². The number of ether oxygens (including phenoxy) is 1. The fourth-order valence-corrected chi connectivity index (χ4v) is 5.61. The van der Waals surface area contributed by atoms with Crippen molar-refractivity contribution in [3.05, 3.63) is 45.4 Å². The number of nitrogens with two attached hydrogens (primary N) is 1. The van der Waals surface area contributed by atoms with Gasteiger partial charge in [0.1, 0.15) is 5.75 Å². The molecule has 0 spiro atoms. The summed E-state index contributed by atoms with van der Waals surface area (Å²) < 4.78 is 5.95. The number of carbonyl (C=O) groups excluding carboxylic acids is 1. The molecule has 3 heterocycles. The summed E-state index contributed by atoms with van der Waals surface area (Å²) in [5, 5.41) is 4.12. The number of carbonyl (C=O) groups is 1. The SMILES string of the molecule is Cc1nc(N2CCN(C)CC2)sc1-c1csc(Cc2cc(C(N)=O)ccc2OC(C)C)n1. The fraction of sp³-hybridized carbons (Fsp3) is 0.435. The van der Waals surface area contributed by atoms with Gasteiger partial charge in [0, 0.05) is 49.1 Å². The molecule has 0 bridgehead atoms. The molecular formula is C23H29N5O2S2. The third kappa shape index (κ3) is 5.11. The number of aromatic nitrogens is 2. The summed E-state index contributed by atoms with van der Waals surface area (Å²) in [6, 6.07) is 5.33. The van der Waals surface area contributed by atoms with Crippen LogP contribution in [-0.4, -0.2) is 60.1 Å². The number of primary amides is 1. The van der Waals surface area contributed by atoms with Crippen LogP contribution >= 0.6 is 22.7 Å². The molecule has 1 aliphatic rings. The lowest BCUT2D eigenvalue weighted by Gasteiger charge is -2.32. The molecule has 1 aromatic carbocycles. The Morgan fingerprint density at radius 1 is 1.22 bits per heavy atom. The van der Waals surface area contributed by atoms with E-state index >= 15 is 0 Å². The van der Waals surface area contributed by atoms with Gasteiger partial charge in [-0.25, -0.2) is 9.97 Å². The smallest absolute Gasteiger partial charge is 0.248 e. The van der Waals surface area contributed by atoms with E-state index in [1.807, 2.05) is 26.0 Å². The largest absolute Gasteiger partial charge is 0.491 e. The number of likely N-dealkylation sites (N-methyl/N-ethyl adjacent to an activating group) is 1. The van der Waals surface area contributed by atoms with E-state index < -0.39 is 5.91 Å². The molecule has 1 amide bonds. The first kappa shape index (κ1) is 22.7. The van der Waals surface area contributed by atoms with Crippen LogP contribution < -0.4 is 15.4 Å². The molecule has 4 rings (SSSR count). The van der Waals surface area contributed by atoms with Gasteiger partial charge in [0.2, 0.25) is 5.91 Å². The van der Waals surface area contributed by atoms with Gasteiger partial charge in [0.25, 0.3) is 0 Å². The lowest BCUT2D eigenvalue weighted by atomic mass is 10.1. The second-order valence-corrected chi connectivity index (χ2v) is 10.3. The van der Waals surface area contributed by atoms with Crippen LogP contribution in [0.2, 0.25) is 0 Å². The van der Waals surface area contributed by atoms with Crippen molar-refractivity contribution in [2.24, 2.45) is 5.73 Å². The Morgan fingerprint density at radius 2 is 1.97 bits per heavy atom. The van der Waals surface area contributed by atoms with Crippen LogP contribution in [-0.2, 0) is 6.42 Å².